The summed E-state index contributed by atoms with van der Waals surface area (Å²) in [4.78, 5) is 13.1. The summed E-state index contributed by atoms with van der Waals surface area (Å²) in [6.45, 7) is 4.33. The molecule has 0 saturated heterocycles. The van der Waals surface area contributed by atoms with E-state index >= 15 is 0 Å². The molecule has 0 aromatic heterocycles. The lowest BCUT2D eigenvalue weighted by Gasteiger charge is -2.27. The van der Waals surface area contributed by atoms with E-state index in [0.717, 1.165) is 18.5 Å². The second-order valence-corrected chi connectivity index (χ2v) is 5.07. The third-order valence-corrected chi connectivity index (χ3v) is 3.61. The molecule has 0 bridgehead atoms. The van der Waals surface area contributed by atoms with Gasteiger partial charge in [-0.15, -0.1) is 0 Å². The summed E-state index contributed by atoms with van der Waals surface area (Å²) in [7, 11) is 2.03. The van der Waals surface area contributed by atoms with E-state index in [4.69, 9.17) is 5.11 Å². The quantitative estimate of drug-likeness (QED) is 0.900. The number of carboxylic acids is 1. The van der Waals surface area contributed by atoms with Crippen LogP contribution in [-0.2, 0) is 0 Å². The monoisotopic (exact) mass is 299 g/mol. The number of hydrogen-bond acceptors (Lipinski definition) is 2. The zero-order chi connectivity index (χ0) is 13.0. The first kappa shape index (κ1) is 14.0. The average Bonchev–Trinajstić information content (AvgIpc) is 2.27. The van der Waals surface area contributed by atoms with Gasteiger partial charge in [0.2, 0.25) is 0 Å². The van der Waals surface area contributed by atoms with E-state index in [1.165, 1.54) is 0 Å². The predicted octanol–water partition coefficient (Wildman–Crippen LogP) is 3.77. The highest BCUT2D eigenvalue weighted by molar-refractivity contribution is 9.10. The number of rotatable bonds is 5. The van der Waals surface area contributed by atoms with Crippen molar-refractivity contribution in [3.05, 3.63) is 28.2 Å². The highest BCUT2D eigenvalue weighted by atomic mass is 79.9. The minimum Gasteiger partial charge on any atom is -0.478 e. The van der Waals surface area contributed by atoms with Gasteiger partial charge in [-0.1, -0.05) is 13.3 Å². The Balaban J connectivity index is 2.93. The summed E-state index contributed by atoms with van der Waals surface area (Å²) < 4.78 is 0.623. The minimum atomic E-state index is -0.910. The van der Waals surface area contributed by atoms with E-state index in [1.54, 1.807) is 6.07 Å². The third kappa shape index (κ3) is 3.46. The highest BCUT2D eigenvalue weighted by Gasteiger charge is 2.13. The number of hydrogen-bond donors (Lipinski definition) is 1. The molecule has 0 spiro atoms. The Labute approximate surface area is 111 Å². The number of halogens is 1. The van der Waals surface area contributed by atoms with Crippen LogP contribution in [0.1, 0.15) is 37.0 Å². The number of carboxylic acid groups (broad SMARTS) is 1. The molecule has 1 aromatic carbocycles. The van der Waals surface area contributed by atoms with Crippen molar-refractivity contribution in [1.29, 1.82) is 0 Å². The zero-order valence-corrected chi connectivity index (χ0v) is 12.0. The van der Waals surface area contributed by atoms with Crippen molar-refractivity contribution in [1.82, 2.24) is 0 Å². The third-order valence-electron chi connectivity index (χ3n) is 2.96. The number of anilines is 1. The van der Waals surface area contributed by atoms with Gasteiger partial charge in [-0.3, -0.25) is 0 Å². The molecular weight excluding hydrogens is 282 g/mol. The second kappa shape index (κ2) is 6.05. The van der Waals surface area contributed by atoms with Crippen LogP contribution in [0.3, 0.4) is 0 Å². The van der Waals surface area contributed by atoms with E-state index in [9.17, 15) is 4.79 Å². The lowest BCUT2D eigenvalue weighted by atomic mass is 10.1. The van der Waals surface area contributed by atoms with E-state index in [-0.39, 0.29) is 0 Å². The molecule has 0 aliphatic rings. The Hall–Kier alpha value is -1.03. The molecule has 1 N–H and O–H groups in total. The molecule has 0 heterocycles. The maximum Gasteiger partial charge on any atom is 0.336 e. The highest BCUT2D eigenvalue weighted by Crippen LogP contribution is 2.25. The Bertz CT molecular complexity index is 406. The summed E-state index contributed by atoms with van der Waals surface area (Å²) in [6.07, 6.45) is 2.26. The molecule has 0 fully saturated rings. The maximum absolute atomic E-state index is 10.9. The lowest BCUT2D eigenvalue weighted by molar-refractivity contribution is 0.0696. The van der Waals surface area contributed by atoms with Gasteiger partial charge in [-0.25, -0.2) is 4.79 Å². The first-order chi connectivity index (χ1) is 7.97. The summed E-state index contributed by atoms with van der Waals surface area (Å²) in [5, 5.41) is 8.94. The van der Waals surface area contributed by atoms with Gasteiger partial charge >= 0.3 is 5.97 Å². The van der Waals surface area contributed by atoms with Gasteiger partial charge in [-0.2, -0.15) is 0 Å². The van der Waals surface area contributed by atoms with Crippen molar-refractivity contribution in [3.63, 3.8) is 0 Å². The van der Waals surface area contributed by atoms with Crippen LogP contribution in [-0.4, -0.2) is 24.2 Å². The van der Waals surface area contributed by atoms with Crippen LogP contribution in [0.2, 0.25) is 0 Å². The van der Waals surface area contributed by atoms with Gasteiger partial charge in [-0.05, 0) is 47.5 Å². The van der Waals surface area contributed by atoms with Crippen molar-refractivity contribution in [2.45, 2.75) is 32.7 Å². The van der Waals surface area contributed by atoms with Crippen LogP contribution in [0.25, 0.3) is 0 Å². The SMILES string of the molecule is CCCC(C)N(C)c1ccc(C(=O)O)c(Br)c1. The molecule has 0 aliphatic carbocycles. The Morgan fingerprint density at radius 3 is 2.65 bits per heavy atom. The Kier molecular flexibility index (Phi) is 5.00. The number of benzene rings is 1. The normalized spacial score (nSPS) is 12.2. The first-order valence-corrected chi connectivity index (χ1v) is 6.52. The fourth-order valence-corrected chi connectivity index (χ4v) is 2.30. The topological polar surface area (TPSA) is 40.5 Å². The molecular formula is C13H18BrNO2. The van der Waals surface area contributed by atoms with Crippen molar-refractivity contribution in [3.8, 4) is 0 Å². The van der Waals surface area contributed by atoms with Gasteiger partial charge in [0.15, 0.2) is 0 Å². The maximum atomic E-state index is 10.9. The minimum absolute atomic E-state index is 0.297. The summed E-state index contributed by atoms with van der Waals surface area (Å²) in [5.74, 6) is -0.910. The Morgan fingerprint density at radius 2 is 2.18 bits per heavy atom. The summed E-state index contributed by atoms with van der Waals surface area (Å²) >= 11 is 3.30. The molecule has 0 amide bonds. The fourth-order valence-electron chi connectivity index (χ4n) is 1.76. The smallest absolute Gasteiger partial charge is 0.336 e. The van der Waals surface area contributed by atoms with Gasteiger partial charge in [0.1, 0.15) is 0 Å². The number of nitrogens with zero attached hydrogens (tertiary/aromatic N) is 1. The van der Waals surface area contributed by atoms with E-state index in [0.29, 0.717) is 16.1 Å². The van der Waals surface area contributed by atoms with Crippen molar-refractivity contribution in [2.24, 2.45) is 0 Å². The van der Waals surface area contributed by atoms with Crippen LogP contribution in [0.5, 0.6) is 0 Å². The second-order valence-electron chi connectivity index (χ2n) is 4.22. The molecule has 0 radical (unpaired) electrons. The molecule has 4 heteroatoms. The Morgan fingerprint density at radius 1 is 1.53 bits per heavy atom. The molecule has 1 rings (SSSR count). The van der Waals surface area contributed by atoms with Crippen LogP contribution in [0, 0.1) is 0 Å². The van der Waals surface area contributed by atoms with Crippen LogP contribution >= 0.6 is 15.9 Å². The largest absolute Gasteiger partial charge is 0.478 e. The molecule has 0 saturated carbocycles. The van der Waals surface area contributed by atoms with Gasteiger partial charge in [0, 0.05) is 23.2 Å². The van der Waals surface area contributed by atoms with E-state index < -0.39 is 5.97 Å². The van der Waals surface area contributed by atoms with Crippen molar-refractivity contribution < 1.29 is 9.90 Å². The van der Waals surface area contributed by atoms with Crippen LogP contribution in [0.15, 0.2) is 22.7 Å². The number of aromatic carboxylic acids is 1. The molecule has 1 aromatic rings. The zero-order valence-electron chi connectivity index (χ0n) is 10.4. The summed E-state index contributed by atoms with van der Waals surface area (Å²) in [6, 6.07) is 5.79. The van der Waals surface area contributed by atoms with Crippen molar-refractivity contribution >= 4 is 27.6 Å². The molecule has 3 nitrogen and oxygen atoms in total. The van der Waals surface area contributed by atoms with Crippen LogP contribution < -0.4 is 4.90 Å². The predicted molar refractivity (Wildman–Crippen MR) is 73.9 cm³/mol. The van der Waals surface area contributed by atoms with Gasteiger partial charge < -0.3 is 10.0 Å². The fraction of sp³-hybridized carbons (Fsp3) is 0.462. The molecule has 94 valence electrons. The molecule has 1 atom stereocenters. The van der Waals surface area contributed by atoms with Crippen molar-refractivity contribution in [2.75, 3.05) is 11.9 Å². The standard InChI is InChI=1S/C13H18BrNO2/c1-4-5-9(2)15(3)10-6-7-11(13(16)17)12(14)8-10/h6-9H,4-5H2,1-3H3,(H,16,17). The van der Waals surface area contributed by atoms with E-state index in [2.05, 4.69) is 34.7 Å². The van der Waals surface area contributed by atoms with Gasteiger partial charge in [0.05, 0.1) is 5.56 Å². The average molecular weight is 300 g/mol. The first-order valence-electron chi connectivity index (χ1n) is 5.73. The molecule has 17 heavy (non-hydrogen) atoms. The number of carbonyl (C=O) groups is 1. The summed E-state index contributed by atoms with van der Waals surface area (Å²) in [5.41, 5.74) is 1.33. The molecule has 1 unspecified atom stereocenters. The van der Waals surface area contributed by atoms with Crippen LogP contribution in [0.4, 0.5) is 5.69 Å². The lowest BCUT2D eigenvalue weighted by Crippen LogP contribution is -2.28. The van der Waals surface area contributed by atoms with E-state index in [1.807, 2.05) is 19.2 Å². The van der Waals surface area contributed by atoms with Gasteiger partial charge in [0.25, 0.3) is 0 Å². The molecule has 0 aliphatic heterocycles.